The van der Waals surface area contributed by atoms with Crippen LogP contribution in [0.2, 0.25) is 0 Å². The maximum atomic E-state index is 13.8. The zero-order valence-corrected chi connectivity index (χ0v) is 27.2. The lowest BCUT2D eigenvalue weighted by Crippen LogP contribution is -2.45. The van der Waals surface area contributed by atoms with E-state index < -0.39 is 12.1 Å². The van der Waals surface area contributed by atoms with Crippen molar-refractivity contribution in [2.45, 2.75) is 45.5 Å². The standard InChI is InChI=1S/C37H38N4O7/c1-23-10-12-27-18-29(23)26-7-5-8-28(17-26)47-22-34(42)38-19-25-11-13-31(32(16-25)46-3)48-33-21-40(20-30(33)39-37(27)45)35(43)14-15-41-24(2)6-4-9-36(41)44/h4-13,16-18,30,33H,14-15,19-22H2,1-3H3,(H,38,42)(H,39,45)/t30-,33-/m0/s1. The van der Waals surface area contributed by atoms with Gasteiger partial charge in [-0.15, -0.1) is 0 Å². The molecule has 3 amide bonds. The van der Waals surface area contributed by atoms with E-state index in [2.05, 4.69) is 10.6 Å². The van der Waals surface area contributed by atoms with Gasteiger partial charge >= 0.3 is 0 Å². The lowest BCUT2D eigenvalue weighted by Gasteiger charge is -2.23. The minimum absolute atomic E-state index is 0.117. The van der Waals surface area contributed by atoms with Gasteiger partial charge in [-0.1, -0.05) is 30.3 Å². The van der Waals surface area contributed by atoms with Crippen LogP contribution >= 0.6 is 0 Å². The van der Waals surface area contributed by atoms with Crippen molar-refractivity contribution in [3.63, 3.8) is 0 Å². The first-order valence-corrected chi connectivity index (χ1v) is 15.9. The van der Waals surface area contributed by atoms with Crippen molar-refractivity contribution in [3.8, 4) is 28.4 Å². The lowest BCUT2D eigenvalue weighted by atomic mass is 9.97. The normalized spacial score (nSPS) is 17.8. The van der Waals surface area contributed by atoms with E-state index in [0.29, 0.717) is 22.8 Å². The van der Waals surface area contributed by atoms with Gasteiger partial charge in [-0.25, -0.2) is 0 Å². The van der Waals surface area contributed by atoms with E-state index >= 15 is 0 Å². The molecule has 1 saturated heterocycles. The summed E-state index contributed by atoms with van der Waals surface area (Å²) in [4.78, 5) is 53.9. The molecular weight excluding hydrogens is 612 g/mol. The Bertz CT molecular complexity index is 1920. The number of hydrogen-bond acceptors (Lipinski definition) is 7. The number of amides is 3. The van der Waals surface area contributed by atoms with E-state index in [0.717, 1.165) is 27.9 Å². The van der Waals surface area contributed by atoms with Gasteiger partial charge in [0.15, 0.2) is 18.1 Å². The zero-order valence-electron chi connectivity index (χ0n) is 27.2. The largest absolute Gasteiger partial charge is 0.493 e. The molecule has 0 radical (unpaired) electrons. The Kier molecular flexibility index (Phi) is 9.47. The fourth-order valence-electron chi connectivity index (χ4n) is 6.07. The van der Waals surface area contributed by atoms with E-state index in [4.69, 9.17) is 14.2 Å². The molecule has 3 aliphatic rings. The summed E-state index contributed by atoms with van der Waals surface area (Å²) < 4.78 is 19.5. The fourth-order valence-corrected chi connectivity index (χ4v) is 6.07. The van der Waals surface area contributed by atoms with Crippen LogP contribution < -0.4 is 30.4 Å². The molecule has 4 aromatic rings. The van der Waals surface area contributed by atoms with Gasteiger partial charge in [0, 0.05) is 43.4 Å². The number of ether oxygens (including phenoxy) is 3. The highest BCUT2D eigenvalue weighted by Gasteiger charge is 2.38. The molecule has 4 heterocycles. The lowest BCUT2D eigenvalue weighted by molar-refractivity contribution is -0.130. The number of methoxy groups -OCH3 is 1. The number of hydrogen-bond donors (Lipinski definition) is 2. The minimum Gasteiger partial charge on any atom is -0.493 e. The summed E-state index contributed by atoms with van der Waals surface area (Å²) in [6.07, 6.45) is -0.478. The van der Waals surface area contributed by atoms with Crippen LogP contribution in [-0.2, 0) is 22.7 Å². The Morgan fingerprint density at radius 3 is 2.58 bits per heavy atom. The van der Waals surface area contributed by atoms with Gasteiger partial charge in [-0.3, -0.25) is 19.2 Å². The van der Waals surface area contributed by atoms with Crippen molar-refractivity contribution in [1.82, 2.24) is 20.1 Å². The molecule has 11 heteroatoms. The highest BCUT2D eigenvalue weighted by atomic mass is 16.5. The van der Waals surface area contributed by atoms with Crippen molar-refractivity contribution < 1.29 is 28.6 Å². The van der Waals surface area contributed by atoms with Gasteiger partial charge in [0.2, 0.25) is 5.91 Å². The van der Waals surface area contributed by atoms with Gasteiger partial charge in [0.05, 0.1) is 19.7 Å². The van der Waals surface area contributed by atoms with E-state index in [-0.39, 0.29) is 62.5 Å². The van der Waals surface area contributed by atoms with E-state index in [1.165, 1.54) is 13.2 Å². The second-order valence-electron chi connectivity index (χ2n) is 12.1. The van der Waals surface area contributed by atoms with Crippen LogP contribution in [-0.4, -0.2) is 66.1 Å². The van der Waals surface area contributed by atoms with Gasteiger partial charge in [0.1, 0.15) is 11.9 Å². The number of nitrogens with one attached hydrogen (secondary N) is 2. The smallest absolute Gasteiger partial charge is 0.258 e. The minimum atomic E-state index is -0.595. The molecule has 1 aromatic heterocycles. The van der Waals surface area contributed by atoms with Crippen molar-refractivity contribution in [3.05, 3.63) is 112 Å². The number of pyridine rings is 1. The number of aryl methyl sites for hydroxylation is 2. The third-order valence-corrected chi connectivity index (χ3v) is 8.76. The zero-order chi connectivity index (χ0) is 33.8. The molecule has 0 saturated carbocycles. The number of benzene rings is 3. The van der Waals surface area contributed by atoms with Gasteiger partial charge in [-0.05, 0) is 78.6 Å². The molecule has 11 nitrogen and oxygen atoms in total. The Balaban J connectivity index is 1.31. The molecule has 2 atom stereocenters. The summed E-state index contributed by atoms with van der Waals surface area (Å²) in [6, 6.07) is 22.7. The number of nitrogens with zero attached hydrogens (tertiary/aromatic N) is 2. The van der Waals surface area contributed by atoms with Crippen molar-refractivity contribution >= 4 is 17.7 Å². The third-order valence-electron chi connectivity index (χ3n) is 8.76. The summed E-state index contributed by atoms with van der Waals surface area (Å²) in [5.74, 6) is 0.665. The number of fused-ring (bicyclic) bond motifs is 7. The van der Waals surface area contributed by atoms with E-state index in [1.54, 1.807) is 39.8 Å². The molecule has 0 spiro atoms. The SMILES string of the molecule is COc1cc2ccc1O[C@H]1CN(C(=O)CCn3c(C)cccc3=O)C[C@@H]1NC(=O)c1ccc(C)c(c1)-c1cccc(c1)OCC(=O)NC2. The average Bonchev–Trinajstić information content (AvgIpc) is 3.48. The Morgan fingerprint density at radius 2 is 1.77 bits per heavy atom. The molecule has 248 valence electrons. The van der Waals surface area contributed by atoms with Crippen LogP contribution in [0, 0.1) is 13.8 Å². The van der Waals surface area contributed by atoms with E-state index in [9.17, 15) is 19.2 Å². The fraction of sp³-hybridized carbons (Fsp3) is 0.297. The van der Waals surface area contributed by atoms with Crippen LogP contribution in [0.3, 0.4) is 0 Å². The Hall–Kier alpha value is -5.58. The predicted molar refractivity (Wildman–Crippen MR) is 179 cm³/mol. The first kappa shape index (κ1) is 32.4. The summed E-state index contributed by atoms with van der Waals surface area (Å²) in [5.41, 5.74) is 4.50. The molecule has 0 unspecified atom stereocenters. The van der Waals surface area contributed by atoms with Crippen molar-refractivity contribution in [2.75, 3.05) is 26.8 Å². The second kappa shape index (κ2) is 14.0. The molecule has 6 bridgehead atoms. The number of rotatable bonds is 4. The Morgan fingerprint density at radius 1 is 0.938 bits per heavy atom. The second-order valence-corrected chi connectivity index (χ2v) is 12.1. The molecule has 0 aliphatic carbocycles. The summed E-state index contributed by atoms with van der Waals surface area (Å²) in [7, 11) is 1.53. The van der Waals surface area contributed by atoms with Gasteiger partial charge in [-0.2, -0.15) is 0 Å². The molecule has 3 aliphatic heterocycles. The summed E-state index contributed by atoms with van der Waals surface area (Å²) >= 11 is 0. The molecule has 7 rings (SSSR count). The van der Waals surface area contributed by atoms with Crippen molar-refractivity contribution in [1.29, 1.82) is 0 Å². The first-order chi connectivity index (χ1) is 23.2. The monoisotopic (exact) mass is 650 g/mol. The number of carbonyl (C=O) groups is 3. The third kappa shape index (κ3) is 7.20. The maximum absolute atomic E-state index is 13.8. The summed E-state index contributed by atoms with van der Waals surface area (Å²) in [6.45, 7) is 4.57. The van der Waals surface area contributed by atoms with Gasteiger partial charge < -0.3 is 34.3 Å². The van der Waals surface area contributed by atoms with Crippen LogP contribution in [0.25, 0.3) is 11.1 Å². The first-order valence-electron chi connectivity index (χ1n) is 15.9. The highest BCUT2D eigenvalue weighted by molar-refractivity contribution is 5.96. The van der Waals surface area contributed by atoms with Crippen LogP contribution in [0.5, 0.6) is 17.2 Å². The van der Waals surface area contributed by atoms with Crippen LogP contribution in [0.1, 0.15) is 33.6 Å². The average molecular weight is 651 g/mol. The molecule has 48 heavy (non-hydrogen) atoms. The van der Waals surface area contributed by atoms with Crippen molar-refractivity contribution in [2.24, 2.45) is 0 Å². The number of likely N-dealkylation sites (tertiary alicyclic amines) is 1. The van der Waals surface area contributed by atoms with E-state index in [1.807, 2.05) is 56.3 Å². The predicted octanol–water partition coefficient (Wildman–Crippen LogP) is 3.63. The topological polar surface area (TPSA) is 128 Å². The molecular formula is C37H38N4O7. The van der Waals surface area contributed by atoms with Crippen LogP contribution in [0.4, 0.5) is 0 Å². The molecule has 3 aromatic carbocycles. The number of aromatic nitrogens is 1. The highest BCUT2D eigenvalue weighted by Crippen LogP contribution is 2.32. The molecule has 1 fully saturated rings. The maximum Gasteiger partial charge on any atom is 0.258 e. The Labute approximate surface area is 278 Å². The molecule has 2 N–H and O–H groups in total. The number of carbonyl (C=O) groups excluding carboxylic acids is 3. The summed E-state index contributed by atoms with van der Waals surface area (Å²) in [5, 5.41) is 5.99. The van der Waals surface area contributed by atoms with Gasteiger partial charge in [0.25, 0.3) is 17.4 Å². The van der Waals surface area contributed by atoms with Crippen LogP contribution in [0.15, 0.2) is 83.7 Å². The quantitative estimate of drug-likeness (QED) is 0.345.